The average molecular weight is 381 g/mol. The second kappa shape index (κ2) is 8.82. The summed E-state index contributed by atoms with van der Waals surface area (Å²) in [5.74, 6) is 0. The molecule has 0 bridgehead atoms. The zero-order valence-electron chi connectivity index (χ0n) is 12.3. The molecule has 1 aromatic rings. The summed E-state index contributed by atoms with van der Waals surface area (Å²) in [4.78, 5) is 0.211. The van der Waals surface area contributed by atoms with Crippen molar-refractivity contribution < 1.29 is 17.9 Å². The predicted octanol–water partition coefficient (Wildman–Crippen LogP) is 1.11. The van der Waals surface area contributed by atoms with Crippen LogP contribution in [0.15, 0.2) is 27.6 Å². The summed E-state index contributed by atoms with van der Waals surface area (Å²) in [7, 11) is 1.25. The van der Waals surface area contributed by atoms with Gasteiger partial charge in [0.15, 0.2) is 0 Å². The summed E-state index contributed by atoms with van der Waals surface area (Å²) in [6.07, 6.45) is -0.330. The summed E-state index contributed by atoms with van der Waals surface area (Å²) in [5, 5.41) is 2.99. The van der Waals surface area contributed by atoms with Crippen molar-refractivity contribution in [1.82, 2.24) is 10.0 Å². The van der Waals surface area contributed by atoms with Crippen LogP contribution in [0, 0.1) is 0 Å². The Kier molecular flexibility index (Phi) is 7.78. The van der Waals surface area contributed by atoms with Gasteiger partial charge < -0.3 is 14.8 Å². The van der Waals surface area contributed by atoms with E-state index in [1.54, 1.807) is 19.2 Å². The monoisotopic (exact) mass is 380 g/mol. The highest BCUT2D eigenvalue weighted by Gasteiger charge is 2.20. The fourth-order valence-corrected chi connectivity index (χ4v) is 3.82. The Bertz CT molecular complexity index is 551. The lowest BCUT2D eigenvalue weighted by atomic mass is 10.2. The van der Waals surface area contributed by atoms with Crippen molar-refractivity contribution in [2.24, 2.45) is 0 Å². The SMILES string of the molecule is CNCc1ccc(Br)c(S(=O)(=O)NCC(COC)OC)c1. The van der Waals surface area contributed by atoms with Crippen LogP contribution in [0.5, 0.6) is 0 Å². The van der Waals surface area contributed by atoms with Gasteiger partial charge in [-0.25, -0.2) is 13.1 Å². The molecule has 2 N–H and O–H groups in total. The highest BCUT2D eigenvalue weighted by molar-refractivity contribution is 9.10. The van der Waals surface area contributed by atoms with E-state index < -0.39 is 10.0 Å². The first-order valence-electron chi connectivity index (χ1n) is 6.39. The van der Waals surface area contributed by atoms with Gasteiger partial charge in [0.1, 0.15) is 0 Å². The van der Waals surface area contributed by atoms with Crippen molar-refractivity contribution in [2.75, 3.05) is 34.4 Å². The third-order valence-electron chi connectivity index (χ3n) is 2.85. The van der Waals surface area contributed by atoms with Gasteiger partial charge in [-0.3, -0.25) is 0 Å². The molecule has 0 fully saturated rings. The Labute approximate surface area is 134 Å². The number of methoxy groups -OCH3 is 2. The molecule has 0 saturated carbocycles. The highest BCUT2D eigenvalue weighted by atomic mass is 79.9. The molecule has 21 heavy (non-hydrogen) atoms. The van der Waals surface area contributed by atoms with E-state index in [-0.39, 0.29) is 17.5 Å². The molecule has 1 rings (SSSR count). The molecule has 1 unspecified atom stereocenters. The normalized spacial score (nSPS) is 13.3. The molecule has 0 aliphatic heterocycles. The van der Waals surface area contributed by atoms with Gasteiger partial charge in [-0.2, -0.15) is 0 Å². The largest absolute Gasteiger partial charge is 0.382 e. The Balaban J connectivity index is 2.89. The first kappa shape index (κ1) is 18.5. The smallest absolute Gasteiger partial charge is 0.241 e. The number of benzene rings is 1. The Hall–Kier alpha value is -0.510. The van der Waals surface area contributed by atoms with Crippen molar-refractivity contribution in [2.45, 2.75) is 17.5 Å². The molecule has 0 radical (unpaired) electrons. The van der Waals surface area contributed by atoms with Crippen LogP contribution in [0.25, 0.3) is 0 Å². The maximum absolute atomic E-state index is 12.4. The molecule has 0 saturated heterocycles. The second-order valence-electron chi connectivity index (χ2n) is 4.46. The number of ether oxygens (including phenoxy) is 2. The predicted molar refractivity (Wildman–Crippen MR) is 84.8 cm³/mol. The third-order valence-corrected chi connectivity index (χ3v) is 5.27. The fourth-order valence-electron chi connectivity index (χ4n) is 1.74. The maximum Gasteiger partial charge on any atom is 0.241 e. The number of hydrogen-bond acceptors (Lipinski definition) is 5. The van der Waals surface area contributed by atoms with Crippen molar-refractivity contribution >= 4 is 26.0 Å². The van der Waals surface area contributed by atoms with E-state index in [1.807, 2.05) is 13.1 Å². The molecule has 0 aliphatic rings. The summed E-state index contributed by atoms with van der Waals surface area (Å²) in [6, 6.07) is 5.23. The second-order valence-corrected chi connectivity index (χ2v) is 7.05. The Morgan fingerprint density at radius 2 is 2.05 bits per heavy atom. The van der Waals surface area contributed by atoms with E-state index >= 15 is 0 Å². The van der Waals surface area contributed by atoms with Crippen LogP contribution in [0.3, 0.4) is 0 Å². The maximum atomic E-state index is 12.4. The highest BCUT2D eigenvalue weighted by Crippen LogP contribution is 2.23. The summed E-state index contributed by atoms with van der Waals surface area (Å²) < 4.78 is 37.9. The van der Waals surface area contributed by atoms with Gasteiger partial charge in [-0.15, -0.1) is 0 Å². The molecule has 0 amide bonds. The first-order chi connectivity index (χ1) is 9.94. The molecular weight excluding hydrogens is 360 g/mol. The molecule has 0 heterocycles. The van der Waals surface area contributed by atoms with Gasteiger partial charge in [0.25, 0.3) is 0 Å². The van der Waals surface area contributed by atoms with Crippen LogP contribution in [0.1, 0.15) is 5.56 Å². The molecule has 8 heteroatoms. The number of nitrogens with one attached hydrogen (secondary N) is 2. The zero-order chi connectivity index (χ0) is 15.9. The quantitative estimate of drug-likeness (QED) is 0.670. The Morgan fingerprint density at radius 1 is 1.33 bits per heavy atom. The topological polar surface area (TPSA) is 76.7 Å². The fraction of sp³-hybridized carbons (Fsp3) is 0.538. The molecule has 1 atom stereocenters. The van der Waals surface area contributed by atoms with Gasteiger partial charge in [-0.1, -0.05) is 6.07 Å². The number of hydrogen-bond donors (Lipinski definition) is 2. The summed E-state index contributed by atoms with van der Waals surface area (Å²) in [5.41, 5.74) is 0.890. The van der Waals surface area contributed by atoms with Crippen molar-refractivity contribution in [3.63, 3.8) is 0 Å². The lowest BCUT2D eigenvalue weighted by Crippen LogP contribution is -2.35. The van der Waals surface area contributed by atoms with Gasteiger partial charge in [0.2, 0.25) is 10.0 Å². The number of halogens is 1. The average Bonchev–Trinajstić information content (AvgIpc) is 2.45. The van der Waals surface area contributed by atoms with E-state index in [1.165, 1.54) is 7.11 Å². The van der Waals surface area contributed by atoms with Gasteiger partial charge in [0.05, 0.1) is 17.6 Å². The number of rotatable bonds is 9. The molecule has 0 aromatic heterocycles. The molecule has 0 spiro atoms. The minimum absolute atomic E-state index is 0.148. The Morgan fingerprint density at radius 3 is 2.62 bits per heavy atom. The number of sulfonamides is 1. The van der Waals surface area contributed by atoms with Crippen LogP contribution >= 0.6 is 15.9 Å². The van der Waals surface area contributed by atoms with Crippen molar-refractivity contribution in [3.8, 4) is 0 Å². The van der Waals surface area contributed by atoms with Gasteiger partial charge >= 0.3 is 0 Å². The van der Waals surface area contributed by atoms with Gasteiger partial charge in [0, 0.05) is 31.8 Å². The molecule has 120 valence electrons. The zero-order valence-corrected chi connectivity index (χ0v) is 14.8. The van der Waals surface area contributed by atoms with Crippen LogP contribution < -0.4 is 10.0 Å². The standard InChI is InChI=1S/C13H21BrN2O4S/c1-15-7-10-4-5-12(14)13(6-10)21(17,18)16-8-11(20-3)9-19-2/h4-6,11,15-16H,7-9H2,1-3H3. The minimum Gasteiger partial charge on any atom is -0.382 e. The third kappa shape index (κ3) is 5.65. The summed E-state index contributed by atoms with van der Waals surface area (Å²) in [6.45, 7) is 1.07. The van der Waals surface area contributed by atoms with Crippen LogP contribution in [0.2, 0.25) is 0 Å². The van der Waals surface area contributed by atoms with E-state index in [0.29, 0.717) is 17.6 Å². The molecule has 1 aromatic carbocycles. The lowest BCUT2D eigenvalue weighted by Gasteiger charge is -2.16. The van der Waals surface area contributed by atoms with E-state index in [4.69, 9.17) is 9.47 Å². The molecule has 0 aliphatic carbocycles. The summed E-state index contributed by atoms with van der Waals surface area (Å²) >= 11 is 3.28. The van der Waals surface area contributed by atoms with E-state index in [2.05, 4.69) is 26.0 Å². The van der Waals surface area contributed by atoms with Crippen molar-refractivity contribution in [1.29, 1.82) is 0 Å². The van der Waals surface area contributed by atoms with Gasteiger partial charge in [-0.05, 0) is 40.7 Å². The van der Waals surface area contributed by atoms with Crippen LogP contribution in [-0.4, -0.2) is 48.9 Å². The van der Waals surface area contributed by atoms with E-state index in [0.717, 1.165) is 5.56 Å². The first-order valence-corrected chi connectivity index (χ1v) is 8.66. The van der Waals surface area contributed by atoms with Crippen LogP contribution in [0.4, 0.5) is 0 Å². The van der Waals surface area contributed by atoms with E-state index in [9.17, 15) is 8.42 Å². The van der Waals surface area contributed by atoms with Crippen LogP contribution in [-0.2, 0) is 26.0 Å². The lowest BCUT2D eigenvalue weighted by molar-refractivity contribution is 0.0320. The van der Waals surface area contributed by atoms with Crippen molar-refractivity contribution in [3.05, 3.63) is 28.2 Å². The molecular formula is C13H21BrN2O4S. The minimum atomic E-state index is -3.62. The molecule has 6 nitrogen and oxygen atoms in total.